The van der Waals surface area contributed by atoms with Gasteiger partial charge in [-0.1, -0.05) is 39.5 Å². The Bertz CT molecular complexity index is 219. The maximum Gasteiger partial charge on any atom is 0.203 e. The number of unbranched alkanes of at least 4 members (excludes halogenated alkanes) is 4. The molecule has 0 fully saturated rings. The molecule has 0 radical (unpaired) electrons. The first-order chi connectivity index (χ1) is 8.58. The monoisotopic (exact) mass is 280 g/mol. The van der Waals surface area contributed by atoms with Crippen LogP contribution in [-0.4, -0.2) is 41.9 Å². The van der Waals surface area contributed by atoms with Crippen LogP contribution in [0.25, 0.3) is 0 Å². The van der Waals surface area contributed by atoms with Crippen LogP contribution in [0, 0.1) is 0 Å². The summed E-state index contributed by atoms with van der Waals surface area (Å²) in [5, 5.41) is 18.0. The Kier molecular flexibility index (Phi) is 11.0. The van der Waals surface area contributed by atoms with Crippen LogP contribution in [0.15, 0.2) is 0 Å². The Morgan fingerprint density at radius 1 is 1.06 bits per heavy atom. The van der Waals surface area contributed by atoms with Gasteiger partial charge in [-0.25, -0.2) is 0 Å². The zero-order valence-electron chi connectivity index (χ0n) is 11.8. The molecule has 18 heavy (non-hydrogen) atoms. The fourth-order valence-corrected chi connectivity index (χ4v) is 4.06. The molecule has 1 atom stereocenters. The molecule has 0 bridgehead atoms. The second-order valence-corrected chi connectivity index (χ2v) is 7.59. The predicted octanol–water partition coefficient (Wildman–Crippen LogP) is 3.01. The molecule has 0 saturated carbocycles. The molecule has 0 aromatic carbocycles. The summed E-state index contributed by atoms with van der Waals surface area (Å²) in [6.07, 6.45) is 6.40. The lowest BCUT2D eigenvalue weighted by Crippen LogP contribution is -2.19. The lowest BCUT2D eigenvalue weighted by molar-refractivity contribution is 0.0544. The molecule has 0 aliphatic heterocycles. The van der Waals surface area contributed by atoms with Crippen LogP contribution < -0.4 is 0 Å². The molecular formula is C13H29O4P. The highest BCUT2D eigenvalue weighted by atomic mass is 31.2. The summed E-state index contributed by atoms with van der Waals surface area (Å²) in [4.78, 5) is 0. The van der Waals surface area contributed by atoms with Gasteiger partial charge in [0.2, 0.25) is 7.37 Å². The molecule has 0 aromatic rings. The van der Waals surface area contributed by atoms with Gasteiger partial charge in [0.25, 0.3) is 0 Å². The van der Waals surface area contributed by atoms with E-state index < -0.39 is 13.5 Å². The molecule has 0 spiro atoms. The molecule has 0 aliphatic carbocycles. The summed E-state index contributed by atoms with van der Waals surface area (Å²) in [5.74, 6) is 0. The Morgan fingerprint density at radius 3 is 1.94 bits per heavy atom. The highest BCUT2D eigenvalue weighted by Gasteiger charge is 2.23. The summed E-state index contributed by atoms with van der Waals surface area (Å²) in [6.45, 7) is 3.85. The van der Waals surface area contributed by atoms with Gasteiger partial charge >= 0.3 is 0 Å². The van der Waals surface area contributed by atoms with E-state index in [2.05, 4.69) is 13.8 Å². The van der Waals surface area contributed by atoms with Crippen molar-refractivity contribution in [3.63, 3.8) is 0 Å². The van der Waals surface area contributed by atoms with Gasteiger partial charge in [0.15, 0.2) is 0 Å². The van der Waals surface area contributed by atoms with Crippen LogP contribution in [0.3, 0.4) is 0 Å². The standard InChI is InChI=1S/C13H29O4P/c1-3-5-7-9-18(16,10-8-6-4-2)17-12-13(15)11-14/h13-15H,3-12H2,1-2H3. The third-order valence-electron chi connectivity index (χ3n) is 2.92. The largest absolute Gasteiger partial charge is 0.394 e. The molecular weight excluding hydrogens is 251 g/mol. The van der Waals surface area contributed by atoms with Crippen molar-refractivity contribution in [2.24, 2.45) is 0 Å². The second-order valence-electron chi connectivity index (χ2n) is 4.81. The minimum absolute atomic E-state index is 0.0218. The van der Waals surface area contributed by atoms with E-state index in [9.17, 15) is 9.67 Å². The third-order valence-corrected chi connectivity index (χ3v) is 5.53. The van der Waals surface area contributed by atoms with Gasteiger partial charge in [-0.2, -0.15) is 0 Å². The van der Waals surface area contributed by atoms with Crippen molar-refractivity contribution in [2.45, 2.75) is 58.5 Å². The molecule has 0 amide bonds. The van der Waals surface area contributed by atoms with E-state index in [0.717, 1.165) is 38.5 Å². The molecule has 0 heterocycles. The average molecular weight is 280 g/mol. The fourth-order valence-electron chi connectivity index (χ4n) is 1.72. The summed E-state index contributed by atoms with van der Waals surface area (Å²) >= 11 is 0. The fraction of sp³-hybridized carbons (Fsp3) is 1.00. The Labute approximate surface area is 111 Å². The van der Waals surface area contributed by atoms with Crippen molar-refractivity contribution in [1.82, 2.24) is 0 Å². The number of aliphatic hydroxyl groups excluding tert-OH is 2. The summed E-state index contributed by atoms with van der Waals surface area (Å²) < 4.78 is 18.0. The minimum atomic E-state index is -2.62. The number of rotatable bonds is 12. The Hall–Kier alpha value is 0.110. The average Bonchev–Trinajstić information content (AvgIpc) is 2.37. The molecule has 4 nitrogen and oxygen atoms in total. The van der Waals surface area contributed by atoms with E-state index in [1.807, 2.05) is 0 Å². The van der Waals surface area contributed by atoms with Gasteiger partial charge in [0.1, 0.15) is 6.10 Å². The van der Waals surface area contributed by atoms with E-state index in [4.69, 9.17) is 9.63 Å². The van der Waals surface area contributed by atoms with Crippen molar-refractivity contribution in [3.05, 3.63) is 0 Å². The SMILES string of the molecule is CCCCCP(=O)(CCCCC)OCC(O)CO. The van der Waals surface area contributed by atoms with E-state index in [-0.39, 0.29) is 13.2 Å². The normalized spacial score (nSPS) is 13.8. The predicted molar refractivity (Wildman–Crippen MR) is 75.4 cm³/mol. The van der Waals surface area contributed by atoms with Gasteiger partial charge in [-0.15, -0.1) is 0 Å². The van der Waals surface area contributed by atoms with E-state index >= 15 is 0 Å². The number of hydrogen-bond acceptors (Lipinski definition) is 4. The van der Waals surface area contributed by atoms with Crippen LogP contribution >= 0.6 is 7.37 Å². The van der Waals surface area contributed by atoms with Crippen molar-refractivity contribution < 1.29 is 19.3 Å². The van der Waals surface area contributed by atoms with Crippen molar-refractivity contribution >= 4 is 7.37 Å². The summed E-state index contributed by atoms with van der Waals surface area (Å²) in [5.41, 5.74) is 0. The van der Waals surface area contributed by atoms with Crippen LogP contribution in [0.4, 0.5) is 0 Å². The molecule has 110 valence electrons. The van der Waals surface area contributed by atoms with Crippen molar-refractivity contribution in [1.29, 1.82) is 0 Å². The van der Waals surface area contributed by atoms with Crippen molar-refractivity contribution in [3.8, 4) is 0 Å². The molecule has 0 saturated heterocycles. The summed E-state index contributed by atoms with van der Waals surface area (Å²) in [6, 6.07) is 0. The third kappa shape index (κ3) is 9.09. The first-order valence-electron chi connectivity index (χ1n) is 7.09. The molecule has 1 unspecified atom stereocenters. The first kappa shape index (κ1) is 18.1. The smallest absolute Gasteiger partial charge is 0.203 e. The van der Waals surface area contributed by atoms with Gasteiger partial charge in [0, 0.05) is 12.3 Å². The van der Waals surface area contributed by atoms with Crippen molar-refractivity contribution in [2.75, 3.05) is 25.5 Å². The highest BCUT2D eigenvalue weighted by molar-refractivity contribution is 7.58. The number of aliphatic hydroxyl groups is 2. The molecule has 0 aromatic heterocycles. The number of hydrogen-bond donors (Lipinski definition) is 2. The molecule has 0 aliphatic rings. The van der Waals surface area contributed by atoms with Gasteiger partial charge in [0.05, 0.1) is 13.2 Å². The van der Waals surface area contributed by atoms with Crippen LogP contribution in [0.1, 0.15) is 52.4 Å². The highest BCUT2D eigenvalue weighted by Crippen LogP contribution is 2.48. The topological polar surface area (TPSA) is 66.8 Å². The van der Waals surface area contributed by atoms with E-state index in [0.29, 0.717) is 12.3 Å². The lowest BCUT2D eigenvalue weighted by atomic mass is 10.3. The summed E-state index contributed by atoms with van der Waals surface area (Å²) in [7, 11) is -2.62. The Morgan fingerprint density at radius 2 is 1.56 bits per heavy atom. The Balaban J connectivity index is 4.16. The van der Waals surface area contributed by atoms with Gasteiger partial charge < -0.3 is 14.7 Å². The maximum absolute atomic E-state index is 12.6. The zero-order chi connectivity index (χ0) is 13.9. The lowest BCUT2D eigenvalue weighted by Gasteiger charge is -2.20. The van der Waals surface area contributed by atoms with Gasteiger partial charge in [-0.05, 0) is 12.8 Å². The van der Waals surface area contributed by atoms with E-state index in [1.54, 1.807) is 0 Å². The van der Waals surface area contributed by atoms with Crippen LogP contribution in [0.5, 0.6) is 0 Å². The minimum Gasteiger partial charge on any atom is -0.394 e. The van der Waals surface area contributed by atoms with E-state index in [1.165, 1.54) is 0 Å². The quantitative estimate of drug-likeness (QED) is 0.426. The molecule has 0 rings (SSSR count). The zero-order valence-corrected chi connectivity index (χ0v) is 12.7. The molecule has 2 N–H and O–H groups in total. The van der Waals surface area contributed by atoms with Crippen LogP contribution in [0.2, 0.25) is 0 Å². The second kappa shape index (κ2) is 11.0. The first-order valence-corrected chi connectivity index (χ1v) is 9.09. The van der Waals surface area contributed by atoms with Crippen LogP contribution in [-0.2, 0) is 9.09 Å². The van der Waals surface area contributed by atoms with Gasteiger partial charge in [-0.3, -0.25) is 4.57 Å². The maximum atomic E-state index is 12.6. The molecule has 5 heteroatoms.